The summed E-state index contributed by atoms with van der Waals surface area (Å²) in [5, 5.41) is 0. The zero-order valence-corrected chi connectivity index (χ0v) is 68.0. The topological polar surface area (TPSA) is 19.4 Å². The SMILES string of the molecule is Cc1cc(-c2ccc(-c3ccccc3)cc2C)[n+](C)cc1C.Cc1ccc(-c2cc(C)c(-c3ccccc3)cc2C)[n+](C)c1.[2H]C([2H])([2H])c1c[n+](C)c(-c2cc(C)c(-c3ccccc3)cc2C)cc1C.[2H]C([2H])([2H])c1c[n+](C)c(-c2ccc(-c3ccccc3)cc2C)cc1C.[2H]C([2H])([2H])c1ccc(-c2cc(C)c(-c3ccccc3)cc2C)[n+](C)c1. The van der Waals surface area contributed by atoms with Crippen molar-refractivity contribution in [2.24, 2.45) is 35.2 Å². The van der Waals surface area contributed by atoms with Gasteiger partial charge in [-0.1, -0.05) is 194 Å². The van der Waals surface area contributed by atoms with E-state index in [4.69, 9.17) is 12.3 Å². The van der Waals surface area contributed by atoms with Gasteiger partial charge in [-0.05, 0) is 270 Å². The van der Waals surface area contributed by atoms with Crippen LogP contribution in [0.2, 0.25) is 0 Å². The van der Waals surface area contributed by atoms with Crippen LogP contribution in [0.5, 0.6) is 0 Å². The zero-order chi connectivity index (χ0) is 86.8. The van der Waals surface area contributed by atoms with Gasteiger partial charge < -0.3 is 0 Å². The first kappa shape index (κ1) is 68.2. The number of nitrogens with zero attached hydrogens (tertiary/aromatic N) is 5. The minimum Gasteiger partial charge on any atom is -0.201 e. The van der Waals surface area contributed by atoms with Crippen molar-refractivity contribution < 1.29 is 35.2 Å². The molecule has 0 unspecified atom stereocenters. The van der Waals surface area contributed by atoms with Crippen molar-refractivity contribution in [3.05, 3.63) is 387 Å². The van der Waals surface area contributed by atoms with E-state index in [2.05, 4.69) is 312 Å². The van der Waals surface area contributed by atoms with E-state index in [0.29, 0.717) is 16.7 Å². The maximum Gasteiger partial charge on any atom is 0.212 e. The van der Waals surface area contributed by atoms with Gasteiger partial charge in [-0.2, -0.15) is 0 Å². The zero-order valence-electron chi connectivity index (χ0n) is 77.0. The monoisotopic (exact) mass is 1460 g/mol. The van der Waals surface area contributed by atoms with Gasteiger partial charge in [0, 0.05) is 98.3 Å². The van der Waals surface area contributed by atoms with Crippen LogP contribution in [-0.4, -0.2) is 0 Å². The number of aromatic nitrogens is 5. The molecule has 5 heterocycles. The molecule has 0 fully saturated rings. The molecule has 0 radical (unpaired) electrons. The van der Waals surface area contributed by atoms with Gasteiger partial charge in [0.05, 0.1) is 0 Å². The van der Waals surface area contributed by atoms with Gasteiger partial charge >= 0.3 is 0 Å². The van der Waals surface area contributed by atoms with Crippen LogP contribution >= 0.6 is 0 Å². The quantitative estimate of drug-likeness (QED) is 0.122. The Hall–Kier alpha value is -12.1. The van der Waals surface area contributed by atoms with Crippen LogP contribution in [0, 0.1) is 111 Å². The predicted molar refractivity (Wildman–Crippen MR) is 468 cm³/mol. The standard InChI is InChI=1S/C22H24N.4C21H22N/c1-15-13-22(23(5)14-18(15)4)21-12-16(2)20(11-17(21)3)19-9-7-6-8-10-19;2*1-15-13-21(22(4)14-17(15)3)20-11-10-19(12-16(20)2)18-8-6-5-7-9-18;2*1-15-10-11-21(22(4)14-15)20-13-16(2)19(12-17(20)3)18-8-6-5-7-9-18/h6-14H,1-5H3;4*5-14H,1-4H3/q5*+1/i4D3;3D3;;1D3;. The lowest BCUT2D eigenvalue weighted by molar-refractivity contribution is -0.660. The van der Waals surface area contributed by atoms with Crippen LogP contribution < -0.4 is 22.8 Å². The first-order chi connectivity index (χ1) is 56.8. The molecule has 15 rings (SSSR count). The molecule has 556 valence electrons. The van der Waals surface area contributed by atoms with Crippen LogP contribution in [0.25, 0.3) is 112 Å². The van der Waals surface area contributed by atoms with Gasteiger partial charge in [-0.3, -0.25) is 0 Å². The van der Waals surface area contributed by atoms with E-state index in [1.54, 1.807) is 24.7 Å². The van der Waals surface area contributed by atoms with E-state index in [-0.39, 0.29) is 0 Å². The number of rotatable bonds is 10. The normalized spacial score (nSPS) is 12.3. The number of hydrogen-bond acceptors (Lipinski definition) is 0. The van der Waals surface area contributed by atoms with Crippen molar-refractivity contribution in [2.45, 2.75) is 111 Å². The molecule has 15 aromatic rings. The highest BCUT2D eigenvalue weighted by Crippen LogP contribution is 2.36. The van der Waals surface area contributed by atoms with Crippen molar-refractivity contribution >= 4 is 0 Å². The van der Waals surface area contributed by atoms with Crippen molar-refractivity contribution in [2.75, 3.05) is 0 Å². The first-order valence-electron chi connectivity index (χ1n) is 42.6. The van der Waals surface area contributed by atoms with Gasteiger partial charge in [0.2, 0.25) is 28.5 Å². The third-order valence-corrected chi connectivity index (χ3v) is 21.1. The Morgan fingerprint density at radius 1 is 0.171 bits per heavy atom. The summed E-state index contributed by atoms with van der Waals surface area (Å²) in [6.45, 7) is 21.0. The molecule has 5 nitrogen and oxygen atoms in total. The fourth-order valence-corrected chi connectivity index (χ4v) is 14.7. The molecule has 0 spiro atoms. The van der Waals surface area contributed by atoms with Gasteiger partial charge in [0.15, 0.2) is 31.0 Å². The van der Waals surface area contributed by atoms with Gasteiger partial charge in [0.25, 0.3) is 0 Å². The van der Waals surface area contributed by atoms with E-state index >= 15 is 0 Å². The van der Waals surface area contributed by atoms with Crippen molar-refractivity contribution in [1.29, 1.82) is 0 Å². The minimum atomic E-state index is -2.09. The average Bonchev–Trinajstić information content (AvgIpc) is 0.777. The number of benzene rings is 10. The lowest BCUT2D eigenvalue weighted by Gasteiger charge is -2.12. The Bertz CT molecular complexity index is 6170. The van der Waals surface area contributed by atoms with E-state index in [1.165, 1.54) is 134 Å². The van der Waals surface area contributed by atoms with Crippen molar-refractivity contribution in [3.63, 3.8) is 0 Å². The van der Waals surface area contributed by atoms with Gasteiger partial charge in [0.1, 0.15) is 35.2 Å². The van der Waals surface area contributed by atoms with Crippen molar-refractivity contribution in [1.82, 2.24) is 0 Å². The number of hydrogen-bond donors (Lipinski definition) is 0. The molecule has 0 saturated carbocycles. The molecular weight excluding hydrogens is 1340 g/mol. The summed E-state index contributed by atoms with van der Waals surface area (Å²) in [6.07, 6.45) is 9.53. The second-order valence-electron chi connectivity index (χ2n) is 29.8. The maximum atomic E-state index is 7.71. The van der Waals surface area contributed by atoms with Gasteiger partial charge in [-0.25, -0.2) is 22.8 Å². The molecule has 111 heavy (non-hydrogen) atoms. The average molecular weight is 1470 g/mol. The Balaban J connectivity index is 0.000000147. The van der Waals surface area contributed by atoms with Crippen LogP contribution in [0.4, 0.5) is 0 Å². The van der Waals surface area contributed by atoms with Crippen LogP contribution in [-0.2, 0) is 35.2 Å². The van der Waals surface area contributed by atoms with Crippen molar-refractivity contribution in [3.8, 4) is 112 Å². The molecule has 0 N–H and O–H groups in total. The summed E-state index contributed by atoms with van der Waals surface area (Å²) in [4.78, 5) is 0. The van der Waals surface area contributed by atoms with E-state index in [0.717, 1.165) is 50.5 Å². The molecule has 0 atom stereocenters. The minimum absolute atomic E-state index is 0.356. The largest absolute Gasteiger partial charge is 0.212 e. The molecular formula is C106H112N5+5. The molecule has 5 heteroatoms. The van der Waals surface area contributed by atoms with E-state index < -0.39 is 20.6 Å². The molecule has 0 aliphatic carbocycles. The second-order valence-corrected chi connectivity index (χ2v) is 29.8. The molecule has 0 bridgehead atoms. The lowest BCUT2D eigenvalue weighted by atomic mass is 9.93. The molecule has 0 aliphatic rings. The molecule has 0 saturated heterocycles. The lowest BCUT2D eigenvalue weighted by Crippen LogP contribution is -2.31. The summed E-state index contributed by atoms with van der Waals surface area (Å²) in [5.74, 6) is 0. The third-order valence-electron chi connectivity index (χ3n) is 21.1. The highest BCUT2D eigenvalue weighted by Gasteiger charge is 2.22. The summed E-state index contributed by atoms with van der Waals surface area (Å²) in [6, 6.07) is 92.9. The molecule has 5 aromatic heterocycles. The van der Waals surface area contributed by atoms with Crippen LogP contribution in [0.1, 0.15) is 101 Å². The fourth-order valence-electron chi connectivity index (χ4n) is 14.7. The highest BCUT2D eigenvalue weighted by atomic mass is 14.9. The summed E-state index contributed by atoms with van der Waals surface area (Å²) < 4.78 is 79.0. The smallest absolute Gasteiger partial charge is 0.201 e. The predicted octanol–water partition coefficient (Wildman–Crippen LogP) is 24.2. The van der Waals surface area contributed by atoms with E-state index in [9.17, 15) is 0 Å². The third kappa shape index (κ3) is 19.3. The summed E-state index contributed by atoms with van der Waals surface area (Å²) in [5.41, 5.74) is 40.4. The highest BCUT2D eigenvalue weighted by molar-refractivity contribution is 5.78. The molecule has 0 amide bonds. The van der Waals surface area contributed by atoms with Crippen LogP contribution in [0.15, 0.2) is 298 Å². The second kappa shape index (κ2) is 36.0. The fraction of sp³-hybridized carbons (Fsp3) is 0.198. The number of pyridine rings is 5. The summed E-state index contributed by atoms with van der Waals surface area (Å²) in [7, 11) is 9.93. The molecule has 10 aromatic carbocycles. The summed E-state index contributed by atoms with van der Waals surface area (Å²) >= 11 is 0. The Labute approximate surface area is 676 Å². The first-order valence-corrected chi connectivity index (χ1v) is 38.1. The maximum absolute atomic E-state index is 7.71. The number of aryl methyl sites for hydroxylation is 21. The Kier molecular flexibility index (Phi) is 22.1. The Morgan fingerprint density at radius 2 is 0.432 bits per heavy atom. The van der Waals surface area contributed by atoms with E-state index in [1.807, 2.05) is 109 Å². The molecule has 0 aliphatic heterocycles. The van der Waals surface area contributed by atoms with Gasteiger partial charge in [-0.15, -0.1) is 0 Å². The van der Waals surface area contributed by atoms with Crippen LogP contribution in [0.3, 0.4) is 0 Å². The Morgan fingerprint density at radius 3 is 0.757 bits per heavy atom.